The molecule has 144 valence electrons. The summed E-state index contributed by atoms with van der Waals surface area (Å²) in [6.45, 7) is 6.66. The molecule has 1 unspecified atom stereocenters. The average Bonchev–Trinajstić information content (AvgIpc) is 2.63. The van der Waals surface area contributed by atoms with Crippen LogP contribution in [0, 0.1) is 12.8 Å². The minimum atomic E-state index is -0.712. The van der Waals surface area contributed by atoms with Crippen molar-refractivity contribution in [3.05, 3.63) is 65.7 Å². The topological polar surface area (TPSA) is 67.4 Å². The number of carbonyl (C=O) groups excluding carboxylic acids is 2. The summed E-state index contributed by atoms with van der Waals surface area (Å²) in [5.74, 6) is 0.623. The average molecular weight is 368 g/mol. The lowest BCUT2D eigenvalue weighted by molar-refractivity contribution is -0.129. The fourth-order valence-electron chi connectivity index (χ4n) is 2.69. The van der Waals surface area contributed by atoms with E-state index in [4.69, 9.17) is 4.74 Å². The monoisotopic (exact) mass is 368 g/mol. The Kier molecular flexibility index (Phi) is 7.86. The molecule has 27 heavy (non-hydrogen) atoms. The zero-order valence-corrected chi connectivity index (χ0v) is 16.2. The van der Waals surface area contributed by atoms with Crippen molar-refractivity contribution in [2.45, 2.75) is 33.2 Å². The van der Waals surface area contributed by atoms with E-state index in [0.29, 0.717) is 19.6 Å². The van der Waals surface area contributed by atoms with Crippen molar-refractivity contribution in [2.24, 2.45) is 5.92 Å². The van der Waals surface area contributed by atoms with E-state index in [1.165, 1.54) is 0 Å². The van der Waals surface area contributed by atoms with E-state index in [9.17, 15) is 9.59 Å². The molecule has 2 amide bonds. The highest BCUT2D eigenvalue weighted by Crippen LogP contribution is 2.14. The molecule has 0 aromatic heterocycles. The van der Waals surface area contributed by atoms with Gasteiger partial charge in [-0.1, -0.05) is 56.3 Å². The first-order valence-electron chi connectivity index (χ1n) is 9.27. The Hall–Kier alpha value is -2.82. The zero-order chi connectivity index (χ0) is 19.6. The summed E-state index contributed by atoms with van der Waals surface area (Å²) in [7, 11) is 0. The van der Waals surface area contributed by atoms with Gasteiger partial charge in [0.2, 0.25) is 11.8 Å². The number of ether oxygens (including phenoxy) is 1. The van der Waals surface area contributed by atoms with E-state index >= 15 is 0 Å². The van der Waals surface area contributed by atoms with E-state index in [-0.39, 0.29) is 17.7 Å². The van der Waals surface area contributed by atoms with Gasteiger partial charge in [-0.25, -0.2) is 0 Å². The molecule has 0 spiro atoms. The number of hydrogen-bond acceptors (Lipinski definition) is 3. The van der Waals surface area contributed by atoms with Crippen LogP contribution in [-0.4, -0.2) is 25.0 Å². The maximum absolute atomic E-state index is 12.6. The Morgan fingerprint density at radius 2 is 1.78 bits per heavy atom. The second-order valence-corrected chi connectivity index (χ2v) is 6.97. The summed E-state index contributed by atoms with van der Waals surface area (Å²) in [4.78, 5) is 24.8. The van der Waals surface area contributed by atoms with Crippen LogP contribution in [0.15, 0.2) is 54.6 Å². The molecule has 2 rings (SSSR count). The molecule has 0 saturated carbocycles. The van der Waals surface area contributed by atoms with E-state index in [0.717, 1.165) is 16.9 Å². The van der Waals surface area contributed by atoms with Gasteiger partial charge in [-0.05, 0) is 36.1 Å². The number of nitrogens with one attached hydrogen (secondary N) is 2. The minimum absolute atomic E-state index is 0.134. The number of hydrogen-bond donors (Lipinski definition) is 2. The fraction of sp³-hybridized carbons (Fsp3) is 0.364. The first-order chi connectivity index (χ1) is 13.0. The zero-order valence-electron chi connectivity index (χ0n) is 16.2. The molecular formula is C22H28N2O3. The lowest BCUT2D eigenvalue weighted by Crippen LogP contribution is -2.41. The summed E-state index contributed by atoms with van der Waals surface area (Å²) in [6.07, 6.45) is 0.382. The molecule has 5 heteroatoms. The Labute approximate surface area is 161 Å². The van der Waals surface area contributed by atoms with E-state index in [2.05, 4.69) is 10.6 Å². The first-order valence-corrected chi connectivity index (χ1v) is 9.27. The van der Waals surface area contributed by atoms with Crippen LogP contribution < -0.4 is 15.4 Å². The van der Waals surface area contributed by atoms with Crippen LogP contribution in [0.2, 0.25) is 0 Å². The van der Waals surface area contributed by atoms with Crippen molar-refractivity contribution < 1.29 is 14.3 Å². The molecule has 1 atom stereocenters. The van der Waals surface area contributed by atoms with Gasteiger partial charge in [-0.3, -0.25) is 9.59 Å². The number of carbonyl (C=O) groups is 2. The molecule has 2 aromatic carbocycles. The van der Waals surface area contributed by atoms with E-state index < -0.39 is 6.04 Å². The quantitative estimate of drug-likeness (QED) is 0.667. The second kappa shape index (κ2) is 10.4. The van der Waals surface area contributed by atoms with Crippen molar-refractivity contribution in [2.75, 3.05) is 13.2 Å². The Morgan fingerprint density at radius 3 is 2.44 bits per heavy atom. The number of aryl methyl sites for hydroxylation is 1. The maximum Gasteiger partial charge on any atom is 0.247 e. The standard InChI is InChI=1S/C22H28N2O3/c1-16(2)14-20(25)24-21(18-9-5-4-6-10-18)22(26)23-12-13-27-19-11-7-8-17(3)15-19/h4-11,15-16,21H,12-14H2,1-3H3,(H,23,26)(H,24,25). The van der Waals surface area contributed by atoms with Gasteiger partial charge in [0, 0.05) is 6.42 Å². The van der Waals surface area contributed by atoms with Crippen LogP contribution in [0.1, 0.15) is 37.4 Å². The van der Waals surface area contributed by atoms with Gasteiger partial charge in [-0.15, -0.1) is 0 Å². The van der Waals surface area contributed by atoms with Gasteiger partial charge < -0.3 is 15.4 Å². The molecule has 2 aromatic rings. The normalized spacial score (nSPS) is 11.7. The van der Waals surface area contributed by atoms with Crippen molar-refractivity contribution in [3.63, 3.8) is 0 Å². The molecule has 0 radical (unpaired) electrons. The van der Waals surface area contributed by atoms with Gasteiger partial charge in [0.05, 0.1) is 6.54 Å². The summed E-state index contributed by atoms with van der Waals surface area (Å²) < 4.78 is 5.65. The van der Waals surface area contributed by atoms with Gasteiger partial charge in [-0.2, -0.15) is 0 Å². The molecule has 0 fully saturated rings. The molecule has 0 saturated heterocycles. The van der Waals surface area contributed by atoms with Gasteiger partial charge in [0.25, 0.3) is 0 Å². The molecule has 0 aliphatic rings. The van der Waals surface area contributed by atoms with Crippen LogP contribution in [-0.2, 0) is 9.59 Å². The highest BCUT2D eigenvalue weighted by molar-refractivity contribution is 5.88. The number of benzene rings is 2. The third-order valence-corrected chi connectivity index (χ3v) is 3.95. The molecule has 0 aliphatic carbocycles. The first kappa shape index (κ1) is 20.5. The van der Waals surface area contributed by atoms with Gasteiger partial charge >= 0.3 is 0 Å². The molecule has 0 heterocycles. The summed E-state index contributed by atoms with van der Waals surface area (Å²) >= 11 is 0. The van der Waals surface area contributed by atoms with Crippen LogP contribution in [0.25, 0.3) is 0 Å². The Bertz CT molecular complexity index is 744. The smallest absolute Gasteiger partial charge is 0.247 e. The van der Waals surface area contributed by atoms with E-state index in [1.54, 1.807) is 0 Å². The molecule has 0 aliphatic heterocycles. The predicted molar refractivity (Wildman–Crippen MR) is 106 cm³/mol. The Morgan fingerprint density at radius 1 is 1.04 bits per heavy atom. The molecular weight excluding hydrogens is 340 g/mol. The second-order valence-electron chi connectivity index (χ2n) is 6.97. The highest BCUT2D eigenvalue weighted by atomic mass is 16.5. The van der Waals surface area contributed by atoms with Crippen LogP contribution in [0.4, 0.5) is 0 Å². The van der Waals surface area contributed by atoms with Crippen molar-refractivity contribution in [1.82, 2.24) is 10.6 Å². The van der Waals surface area contributed by atoms with Crippen molar-refractivity contribution >= 4 is 11.8 Å². The summed E-state index contributed by atoms with van der Waals surface area (Å²) in [5, 5.41) is 5.68. The minimum Gasteiger partial charge on any atom is -0.492 e. The number of amides is 2. The van der Waals surface area contributed by atoms with Crippen molar-refractivity contribution in [1.29, 1.82) is 0 Å². The lowest BCUT2D eigenvalue weighted by atomic mass is 10.0. The number of rotatable bonds is 9. The maximum atomic E-state index is 12.6. The molecule has 0 bridgehead atoms. The molecule has 5 nitrogen and oxygen atoms in total. The molecule has 2 N–H and O–H groups in total. The largest absolute Gasteiger partial charge is 0.492 e. The highest BCUT2D eigenvalue weighted by Gasteiger charge is 2.22. The predicted octanol–water partition coefficient (Wildman–Crippen LogP) is 3.39. The third kappa shape index (κ3) is 7.13. The SMILES string of the molecule is Cc1cccc(OCCNC(=O)C(NC(=O)CC(C)C)c2ccccc2)c1. The third-order valence-electron chi connectivity index (χ3n) is 3.95. The van der Waals surface area contributed by atoms with E-state index in [1.807, 2.05) is 75.4 Å². The van der Waals surface area contributed by atoms with Gasteiger partial charge in [0.15, 0.2) is 0 Å². The van der Waals surface area contributed by atoms with Crippen molar-refractivity contribution in [3.8, 4) is 5.75 Å². The van der Waals surface area contributed by atoms with Crippen LogP contribution in [0.5, 0.6) is 5.75 Å². The lowest BCUT2D eigenvalue weighted by Gasteiger charge is -2.19. The summed E-state index contributed by atoms with van der Waals surface area (Å²) in [5.41, 5.74) is 1.88. The van der Waals surface area contributed by atoms with Crippen LogP contribution in [0.3, 0.4) is 0 Å². The van der Waals surface area contributed by atoms with Gasteiger partial charge in [0.1, 0.15) is 18.4 Å². The van der Waals surface area contributed by atoms with Crippen LogP contribution >= 0.6 is 0 Å². The summed E-state index contributed by atoms with van der Waals surface area (Å²) in [6, 6.07) is 16.3. The fourth-order valence-corrected chi connectivity index (χ4v) is 2.69. The Balaban J connectivity index is 1.91.